The van der Waals surface area contributed by atoms with Crippen LogP contribution in [0.2, 0.25) is 0 Å². The van der Waals surface area contributed by atoms with Gasteiger partial charge in [-0.25, -0.2) is 9.48 Å². The molecule has 2 fully saturated rings. The van der Waals surface area contributed by atoms with Gasteiger partial charge in [-0.3, -0.25) is 14.5 Å². The Labute approximate surface area is 196 Å². The van der Waals surface area contributed by atoms with Crippen LogP contribution in [0.1, 0.15) is 64.1 Å². The van der Waals surface area contributed by atoms with E-state index >= 15 is 0 Å². The molecule has 0 radical (unpaired) electrons. The van der Waals surface area contributed by atoms with Crippen molar-refractivity contribution >= 4 is 29.9 Å². The molecule has 30 heavy (non-hydrogen) atoms. The van der Waals surface area contributed by atoms with Crippen LogP contribution in [0.3, 0.4) is 0 Å². The average Bonchev–Trinajstić information content (AvgIpc) is 3.47. The summed E-state index contributed by atoms with van der Waals surface area (Å²) in [5.74, 6) is 1.86. The molecule has 2 aliphatic heterocycles. The molecular formula is C21H38IN7O. The topological polar surface area (TPSA) is 79.5 Å². The molecule has 1 aromatic rings. The van der Waals surface area contributed by atoms with Crippen LogP contribution < -0.4 is 16.3 Å². The molecule has 1 saturated heterocycles. The second-order valence-corrected chi connectivity index (χ2v) is 8.71. The van der Waals surface area contributed by atoms with Gasteiger partial charge in [-0.1, -0.05) is 12.8 Å². The van der Waals surface area contributed by atoms with E-state index in [0.717, 1.165) is 63.1 Å². The summed E-state index contributed by atoms with van der Waals surface area (Å²) in [6.07, 6.45) is 10.7. The maximum atomic E-state index is 12.4. The molecule has 0 spiro atoms. The third-order valence-electron chi connectivity index (χ3n) is 6.58. The molecule has 1 atom stereocenters. The number of rotatable bonds is 7. The predicted octanol–water partition coefficient (Wildman–Crippen LogP) is 1.96. The first-order valence-corrected chi connectivity index (χ1v) is 11.7. The van der Waals surface area contributed by atoms with Crippen LogP contribution in [0.25, 0.3) is 0 Å². The second kappa shape index (κ2) is 11.5. The van der Waals surface area contributed by atoms with Gasteiger partial charge in [-0.15, -0.1) is 24.0 Å². The van der Waals surface area contributed by atoms with Crippen molar-refractivity contribution in [3.63, 3.8) is 0 Å². The van der Waals surface area contributed by atoms with Crippen molar-refractivity contribution in [1.29, 1.82) is 0 Å². The van der Waals surface area contributed by atoms with Gasteiger partial charge in [0.25, 0.3) is 0 Å². The smallest absolute Gasteiger partial charge is 0.345 e. The summed E-state index contributed by atoms with van der Waals surface area (Å²) in [4.78, 5) is 19.8. The lowest BCUT2D eigenvalue weighted by molar-refractivity contribution is 0.242. The third kappa shape index (κ3) is 5.77. The molecule has 1 aromatic heterocycles. The summed E-state index contributed by atoms with van der Waals surface area (Å²) < 4.78 is 3.47. The SMILES string of the molecule is CCNC(=NCCCn1nc2n(c1=O)CCCC2)NC1CCN(C2CCCC2)C1.I. The van der Waals surface area contributed by atoms with E-state index in [-0.39, 0.29) is 29.7 Å². The molecule has 2 N–H and O–H groups in total. The molecule has 4 rings (SSSR count). The number of halogens is 1. The number of nitrogens with one attached hydrogen (secondary N) is 2. The average molecular weight is 531 g/mol. The largest absolute Gasteiger partial charge is 0.357 e. The summed E-state index contributed by atoms with van der Waals surface area (Å²) in [5.41, 5.74) is 0.0478. The van der Waals surface area contributed by atoms with Crippen LogP contribution in [-0.2, 0) is 19.5 Å². The molecule has 3 aliphatic rings. The minimum atomic E-state index is 0. The van der Waals surface area contributed by atoms with E-state index in [1.165, 1.54) is 38.6 Å². The zero-order valence-electron chi connectivity index (χ0n) is 18.3. The summed E-state index contributed by atoms with van der Waals surface area (Å²) >= 11 is 0. The molecule has 170 valence electrons. The number of likely N-dealkylation sites (tertiary alicyclic amines) is 1. The van der Waals surface area contributed by atoms with E-state index in [1.807, 2.05) is 4.57 Å². The predicted molar refractivity (Wildman–Crippen MR) is 131 cm³/mol. The fourth-order valence-electron chi connectivity index (χ4n) is 5.03. The Morgan fingerprint density at radius 2 is 2.00 bits per heavy atom. The fraction of sp³-hybridized carbons (Fsp3) is 0.857. The molecule has 3 heterocycles. The second-order valence-electron chi connectivity index (χ2n) is 8.71. The highest BCUT2D eigenvalue weighted by Crippen LogP contribution is 2.26. The van der Waals surface area contributed by atoms with Crippen LogP contribution in [0.4, 0.5) is 0 Å². The Morgan fingerprint density at radius 3 is 2.77 bits per heavy atom. The van der Waals surface area contributed by atoms with Crippen molar-refractivity contribution in [3.05, 3.63) is 16.3 Å². The van der Waals surface area contributed by atoms with Crippen molar-refractivity contribution in [2.24, 2.45) is 4.99 Å². The number of aryl methyl sites for hydroxylation is 2. The minimum Gasteiger partial charge on any atom is -0.357 e. The Bertz CT molecular complexity index is 753. The van der Waals surface area contributed by atoms with Crippen LogP contribution >= 0.6 is 24.0 Å². The van der Waals surface area contributed by atoms with Crippen molar-refractivity contribution in [1.82, 2.24) is 29.9 Å². The van der Waals surface area contributed by atoms with Gasteiger partial charge in [0.15, 0.2) is 5.96 Å². The van der Waals surface area contributed by atoms with Gasteiger partial charge in [-0.05, 0) is 45.4 Å². The maximum absolute atomic E-state index is 12.4. The lowest BCUT2D eigenvalue weighted by Gasteiger charge is -2.24. The van der Waals surface area contributed by atoms with E-state index in [0.29, 0.717) is 19.1 Å². The third-order valence-corrected chi connectivity index (χ3v) is 6.58. The van der Waals surface area contributed by atoms with E-state index in [1.54, 1.807) is 4.68 Å². The van der Waals surface area contributed by atoms with Gasteiger partial charge in [0, 0.05) is 57.8 Å². The van der Waals surface area contributed by atoms with Gasteiger partial charge < -0.3 is 10.6 Å². The number of hydrogen-bond acceptors (Lipinski definition) is 4. The van der Waals surface area contributed by atoms with Gasteiger partial charge in [0.05, 0.1) is 0 Å². The van der Waals surface area contributed by atoms with Gasteiger partial charge in [0.1, 0.15) is 5.82 Å². The molecule has 0 bridgehead atoms. The van der Waals surface area contributed by atoms with Crippen LogP contribution in [0, 0.1) is 0 Å². The monoisotopic (exact) mass is 531 g/mol. The van der Waals surface area contributed by atoms with Crippen molar-refractivity contribution < 1.29 is 0 Å². The van der Waals surface area contributed by atoms with E-state index in [4.69, 9.17) is 4.99 Å². The Morgan fingerprint density at radius 1 is 1.17 bits per heavy atom. The Kier molecular flexibility index (Phi) is 9.03. The number of hydrogen-bond donors (Lipinski definition) is 2. The highest BCUT2D eigenvalue weighted by Gasteiger charge is 2.30. The van der Waals surface area contributed by atoms with Crippen molar-refractivity contribution in [2.45, 2.75) is 89.9 Å². The first kappa shape index (κ1) is 23.6. The normalized spacial score (nSPS) is 22.7. The minimum absolute atomic E-state index is 0. The lowest BCUT2D eigenvalue weighted by atomic mass is 10.2. The zero-order chi connectivity index (χ0) is 20.1. The molecule has 1 saturated carbocycles. The van der Waals surface area contributed by atoms with Crippen molar-refractivity contribution in [2.75, 3.05) is 26.2 Å². The van der Waals surface area contributed by atoms with Crippen LogP contribution in [0.5, 0.6) is 0 Å². The molecule has 0 aromatic carbocycles. The summed E-state index contributed by atoms with van der Waals surface area (Å²) in [6, 6.07) is 1.29. The molecule has 1 unspecified atom stereocenters. The summed E-state index contributed by atoms with van der Waals surface area (Å²) in [6.45, 7) is 7.45. The summed E-state index contributed by atoms with van der Waals surface area (Å²) in [7, 11) is 0. The molecule has 0 amide bonds. The first-order chi connectivity index (χ1) is 14.2. The number of guanidine groups is 1. The van der Waals surface area contributed by atoms with E-state index < -0.39 is 0 Å². The number of aromatic nitrogens is 3. The van der Waals surface area contributed by atoms with Crippen molar-refractivity contribution in [3.8, 4) is 0 Å². The highest BCUT2D eigenvalue weighted by atomic mass is 127. The maximum Gasteiger partial charge on any atom is 0.345 e. The molecular weight excluding hydrogens is 493 g/mol. The van der Waals surface area contributed by atoms with E-state index in [2.05, 4.69) is 27.6 Å². The number of nitrogens with zero attached hydrogens (tertiary/aromatic N) is 5. The summed E-state index contributed by atoms with van der Waals surface area (Å²) in [5, 5.41) is 11.5. The molecule has 9 heteroatoms. The highest BCUT2D eigenvalue weighted by molar-refractivity contribution is 14.0. The van der Waals surface area contributed by atoms with E-state index in [9.17, 15) is 4.79 Å². The quantitative estimate of drug-likeness (QED) is 0.244. The van der Waals surface area contributed by atoms with Gasteiger partial charge in [-0.2, -0.15) is 5.10 Å². The van der Waals surface area contributed by atoms with Crippen LogP contribution in [0.15, 0.2) is 9.79 Å². The molecule has 8 nitrogen and oxygen atoms in total. The number of fused-ring (bicyclic) bond motifs is 1. The molecule has 1 aliphatic carbocycles. The zero-order valence-corrected chi connectivity index (χ0v) is 20.6. The van der Waals surface area contributed by atoms with Crippen LogP contribution in [-0.4, -0.2) is 63.5 Å². The number of aliphatic imine (C=N–C) groups is 1. The van der Waals surface area contributed by atoms with Gasteiger partial charge in [0.2, 0.25) is 0 Å². The van der Waals surface area contributed by atoms with Gasteiger partial charge >= 0.3 is 5.69 Å². The lowest BCUT2D eigenvalue weighted by Crippen LogP contribution is -2.45. The fourth-order valence-corrected chi connectivity index (χ4v) is 5.03. The Balaban J connectivity index is 0.00000256. The first-order valence-electron chi connectivity index (χ1n) is 11.7. The Hall–Kier alpha value is -1.10. The standard InChI is InChI=1S/C21H37N7O.HI/c1-2-22-20(24-17-11-15-26(16-17)18-8-3-4-9-18)23-12-7-14-28-21(29)27-13-6-5-10-19(27)25-28;/h17-18H,2-16H2,1H3,(H2,22,23,24);1H.